The lowest BCUT2D eigenvalue weighted by Gasteiger charge is -2.10. The zero-order chi connectivity index (χ0) is 13.8. The fourth-order valence-electron chi connectivity index (χ4n) is 1.62. The van der Waals surface area contributed by atoms with Crippen molar-refractivity contribution in [2.45, 2.75) is 38.0 Å². The lowest BCUT2D eigenvalue weighted by Crippen LogP contribution is -2.25. The first-order valence-electron chi connectivity index (χ1n) is 5.93. The van der Waals surface area contributed by atoms with Gasteiger partial charge in [-0.15, -0.1) is 0 Å². The number of unbranched alkanes of at least 4 members (excludes halogenated alkanes) is 2. The predicted octanol–water partition coefficient (Wildman–Crippen LogP) is 2.18. The molecule has 0 saturated carbocycles. The van der Waals surface area contributed by atoms with Crippen molar-refractivity contribution in [2.24, 2.45) is 0 Å². The second-order valence-electron chi connectivity index (χ2n) is 4.24. The third kappa shape index (κ3) is 3.68. The molecule has 0 atom stereocenters. The molecule has 0 saturated heterocycles. The van der Waals surface area contributed by atoms with Crippen LogP contribution in [0.1, 0.15) is 31.7 Å². The van der Waals surface area contributed by atoms with Gasteiger partial charge in [0.15, 0.2) is 0 Å². The van der Waals surface area contributed by atoms with Crippen molar-refractivity contribution in [1.29, 1.82) is 0 Å². The number of halogens is 1. The van der Waals surface area contributed by atoms with Crippen molar-refractivity contribution in [1.82, 2.24) is 4.72 Å². The fourth-order valence-corrected chi connectivity index (χ4v) is 2.95. The lowest BCUT2D eigenvalue weighted by molar-refractivity contribution is 0.574. The summed E-state index contributed by atoms with van der Waals surface area (Å²) in [5, 5.41) is 0. The van der Waals surface area contributed by atoms with Gasteiger partial charge in [-0.2, -0.15) is 0 Å². The van der Waals surface area contributed by atoms with Gasteiger partial charge in [0, 0.05) is 6.54 Å². The quantitative estimate of drug-likeness (QED) is 0.617. The van der Waals surface area contributed by atoms with Crippen LogP contribution >= 0.6 is 0 Å². The molecule has 0 aliphatic rings. The SMILES string of the molecule is CCCCCNS(=O)(=O)c1cc(N)c(F)cc1C. The minimum Gasteiger partial charge on any atom is -0.396 e. The molecule has 0 heterocycles. The molecule has 0 amide bonds. The average Bonchev–Trinajstić information content (AvgIpc) is 2.29. The predicted molar refractivity (Wildman–Crippen MR) is 70.3 cm³/mol. The Bertz CT molecular complexity index is 515. The molecule has 1 aromatic rings. The van der Waals surface area contributed by atoms with E-state index in [0.717, 1.165) is 31.4 Å². The van der Waals surface area contributed by atoms with E-state index in [0.29, 0.717) is 12.1 Å². The number of anilines is 1. The highest BCUT2D eigenvalue weighted by atomic mass is 32.2. The fraction of sp³-hybridized carbons (Fsp3) is 0.500. The normalized spacial score (nSPS) is 11.7. The van der Waals surface area contributed by atoms with Crippen LogP contribution in [-0.2, 0) is 10.0 Å². The van der Waals surface area contributed by atoms with Crippen molar-refractivity contribution >= 4 is 15.7 Å². The standard InChI is InChI=1S/C12H19FN2O2S/c1-3-4-5-6-15-18(16,17)12-8-11(14)10(13)7-9(12)2/h7-8,15H,3-6,14H2,1-2H3. The highest BCUT2D eigenvalue weighted by Gasteiger charge is 2.18. The largest absolute Gasteiger partial charge is 0.396 e. The van der Waals surface area contributed by atoms with Gasteiger partial charge < -0.3 is 5.73 Å². The third-order valence-corrected chi connectivity index (χ3v) is 4.26. The number of nitrogens with one attached hydrogen (secondary N) is 1. The molecule has 6 heteroatoms. The topological polar surface area (TPSA) is 72.2 Å². The zero-order valence-electron chi connectivity index (χ0n) is 10.7. The maximum Gasteiger partial charge on any atom is 0.240 e. The molecule has 3 N–H and O–H groups in total. The second-order valence-corrected chi connectivity index (χ2v) is 5.98. The molecule has 0 radical (unpaired) electrons. The minimum absolute atomic E-state index is 0.0397. The van der Waals surface area contributed by atoms with Crippen LogP contribution in [0.3, 0.4) is 0 Å². The third-order valence-electron chi connectivity index (χ3n) is 2.66. The van der Waals surface area contributed by atoms with Gasteiger partial charge in [0.05, 0.1) is 10.6 Å². The van der Waals surface area contributed by atoms with Gasteiger partial charge in [-0.3, -0.25) is 0 Å². The molecule has 0 bridgehead atoms. The van der Waals surface area contributed by atoms with Crippen LogP contribution in [0.15, 0.2) is 17.0 Å². The molecule has 0 aliphatic carbocycles. The van der Waals surface area contributed by atoms with Crippen LogP contribution in [0.25, 0.3) is 0 Å². The van der Waals surface area contributed by atoms with Crippen molar-refractivity contribution in [3.05, 3.63) is 23.5 Å². The molecular weight excluding hydrogens is 255 g/mol. The Hall–Kier alpha value is -1.14. The second kappa shape index (κ2) is 6.15. The Labute approximate surface area is 107 Å². The Morgan fingerprint density at radius 1 is 1.33 bits per heavy atom. The highest BCUT2D eigenvalue weighted by Crippen LogP contribution is 2.21. The van der Waals surface area contributed by atoms with E-state index in [-0.39, 0.29) is 10.6 Å². The Kier molecular flexibility index (Phi) is 5.10. The Balaban J connectivity index is 2.88. The maximum absolute atomic E-state index is 13.2. The van der Waals surface area contributed by atoms with E-state index in [1.807, 2.05) is 6.92 Å². The summed E-state index contributed by atoms with van der Waals surface area (Å²) in [7, 11) is -3.61. The number of hydrogen-bond acceptors (Lipinski definition) is 3. The number of aryl methyl sites for hydroxylation is 1. The van der Waals surface area contributed by atoms with Crippen LogP contribution in [0, 0.1) is 12.7 Å². The van der Waals surface area contributed by atoms with E-state index in [9.17, 15) is 12.8 Å². The molecule has 1 aromatic carbocycles. The van der Waals surface area contributed by atoms with Crippen LogP contribution in [0.5, 0.6) is 0 Å². The van der Waals surface area contributed by atoms with Gasteiger partial charge in [0.2, 0.25) is 10.0 Å². The number of benzene rings is 1. The number of nitrogen functional groups attached to an aromatic ring is 1. The Morgan fingerprint density at radius 3 is 2.61 bits per heavy atom. The number of sulfonamides is 1. The number of hydrogen-bond donors (Lipinski definition) is 2. The number of nitrogens with two attached hydrogens (primary N) is 1. The van der Waals surface area contributed by atoms with Crippen molar-refractivity contribution < 1.29 is 12.8 Å². The van der Waals surface area contributed by atoms with Gasteiger partial charge in [0.25, 0.3) is 0 Å². The van der Waals surface area contributed by atoms with Crippen molar-refractivity contribution in [2.75, 3.05) is 12.3 Å². The van der Waals surface area contributed by atoms with E-state index in [1.165, 1.54) is 0 Å². The molecule has 4 nitrogen and oxygen atoms in total. The van der Waals surface area contributed by atoms with E-state index in [2.05, 4.69) is 4.72 Å². The van der Waals surface area contributed by atoms with Gasteiger partial charge in [0.1, 0.15) is 5.82 Å². The molecule has 0 aromatic heterocycles. The molecule has 0 fully saturated rings. The van der Waals surface area contributed by atoms with E-state index >= 15 is 0 Å². The Morgan fingerprint density at radius 2 is 2.00 bits per heavy atom. The summed E-state index contributed by atoms with van der Waals surface area (Å²) in [6.45, 7) is 3.97. The van der Waals surface area contributed by atoms with Crippen LogP contribution < -0.4 is 10.5 Å². The van der Waals surface area contributed by atoms with Crippen LogP contribution in [0.2, 0.25) is 0 Å². The van der Waals surface area contributed by atoms with Crippen LogP contribution in [0.4, 0.5) is 10.1 Å². The molecule has 0 aliphatic heterocycles. The summed E-state index contributed by atoms with van der Waals surface area (Å²) in [5.41, 5.74) is 5.59. The molecule has 0 unspecified atom stereocenters. The molecule has 18 heavy (non-hydrogen) atoms. The summed E-state index contributed by atoms with van der Waals surface area (Å²) in [5.74, 6) is -0.600. The summed E-state index contributed by atoms with van der Waals surface area (Å²) in [4.78, 5) is 0.0397. The van der Waals surface area contributed by atoms with Crippen LogP contribution in [-0.4, -0.2) is 15.0 Å². The first kappa shape index (κ1) is 14.9. The molecule has 102 valence electrons. The lowest BCUT2D eigenvalue weighted by atomic mass is 10.2. The summed E-state index contributed by atoms with van der Waals surface area (Å²) in [6.07, 6.45) is 2.77. The van der Waals surface area contributed by atoms with Crippen molar-refractivity contribution in [3.63, 3.8) is 0 Å². The average molecular weight is 274 g/mol. The van der Waals surface area contributed by atoms with Gasteiger partial charge in [-0.25, -0.2) is 17.5 Å². The minimum atomic E-state index is -3.61. The van der Waals surface area contributed by atoms with Gasteiger partial charge in [-0.1, -0.05) is 19.8 Å². The van der Waals surface area contributed by atoms with Gasteiger partial charge in [-0.05, 0) is 31.0 Å². The molecule has 1 rings (SSSR count). The van der Waals surface area contributed by atoms with Gasteiger partial charge >= 0.3 is 0 Å². The van der Waals surface area contributed by atoms with Crippen molar-refractivity contribution in [3.8, 4) is 0 Å². The summed E-state index contributed by atoms with van der Waals surface area (Å²) >= 11 is 0. The van der Waals surface area contributed by atoms with E-state index < -0.39 is 15.8 Å². The van der Waals surface area contributed by atoms with E-state index in [4.69, 9.17) is 5.73 Å². The number of rotatable bonds is 6. The summed E-state index contributed by atoms with van der Waals surface area (Å²) < 4.78 is 39.6. The molecular formula is C12H19FN2O2S. The van der Waals surface area contributed by atoms with E-state index in [1.54, 1.807) is 6.92 Å². The first-order chi connectivity index (χ1) is 8.38. The first-order valence-corrected chi connectivity index (χ1v) is 7.42. The monoisotopic (exact) mass is 274 g/mol. The molecule has 0 spiro atoms. The zero-order valence-corrected chi connectivity index (χ0v) is 11.5. The smallest absolute Gasteiger partial charge is 0.240 e. The summed E-state index contributed by atoms with van der Waals surface area (Å²) in [6, 6.07) is 2.29. The maximum atomic E-state index is 13.2. The highest BCUT2D eigenvalue weighted by molar-refractivity contribution is 7.89.